The van der Waals surface area contributed by atoms with Crippen LogP contribution in [0.15, 0.2) is 24.3 Å². The summed E-state index contributed by atoms with van der Waals surface area (Å²) in [6, 6.07) is 8.50. The average Bonchev–Trinajstić information content (AvgIpc) is 2.39. The van der Waals surface area contributed by atoms with Crippen LogP contribution in [0.5, 0.6) is 5.75 Å². The Labute approximate surface area is 109 Å². The Hall–Kier alpha value is -1.51. The molecule has 0 bridgehead atoms. The molecule has 3 nitrogen and oxygen atoms in total. The maximum absolute atomic E-state index is 11.3. The maximum atomic E-state index is 11.3. The number of ether oxygens (including phenoxy) is 1. The van der Waals surface area contributed by atoms with Crippen LogP contribution in [-0.4, -0.2) is 19.1 Å². The van der Waals surface area contributed by atoms with Crippen LogP contribution in [0, 0.1) is 0 Å². The second-order valence-corrected chi connectivity index (χ2v) is 4.97. The van der Waals surface area contributed by atoms with E-state index in [4.69, 9.17) is 4.74 Å². The normalized spacial score (nSPS) is 23.4. The van der Waals surface area contributed by atoms with Gasteiger partial charge in [-0.2, -0.15) is 0 Å². The summed E-state index contributed by atoms with van der Waals surface area (Å²) in [4.78, 5) is 11.3. The summed E-state index contributed by atoms with van der Waals surface area (Å²) in [5.41, 5.74) is 1.30. The molecule has 2 rings (SSSR count). The number of carbonyl (C=O) groups excluding carboxylic acids is 1. The zero-order valence-electron chi connectivity index (χ0n) is 11.1. The quantitative estimate of drug-likeness (QED) is 0.892. The van der Waals surface area contributed by atoms with Gasteiger partial charge in [0.2, 0.25) is 5.91 Å². The second-order valence-electron chi connectivity index (χ2n) is 4.97. The molecule has 0 unspecified atom stereocenters. The molecule has 0 aliphatic heterocycles. The molecule has 1 aromatic rings. The first-order valence-electron chi connectivity index (χ1n) is 6.62. The van der Waals surface area contributed by atoms with E-state index in [1.165, 1.54) is 18.4 Å². The van der Waals surface area contributed by atoms with Gasteiger partial charge >= 0.3 is 0 Å². The van der Waals surface area contributed by atoms with Gasteiger partial charge in [-0.3, -0.25) is 4.79 Å². The van der Waals surface area contributed by atoms with Crippen LogP contribution in [0.4, 0.5) is 0 Å². The minimum atomic E-state index is 0.0698. The van der Waals surface area contributed by atoms with Crippen molar-refractivity contribution in [2.45, 2.75) is 44.6 Å². The van der Waals surface area contributed by atoms with E-state index < -0.39 is 0 Å². The molecule has 98 valence electrons. The van der Waals surface area contributed by atoms with Gasteiger partial charge in [0.25, 0.3) is 0 Å². The predicted octanol–water partition coefficient (Wildman–Crippen LogP) is 2.86. The Morgan fingerprint density at radius 2 is 1.89 bits per heavy atom. The number of amides is 1. The van der Waals surface area contributed by atoms with E-state index in [1.54, 1.807) is 14.0 Å². The van der Waals surface area contributed by atoms with Gasteiger partial charge in [0.1, 0.15) is 5.75 Å². The number of hydrogen-bond donors (Lipinski definition) is 1. The van der Waals surface area contributed by atoms with Gasteiger partial charge in [-0.25, -0.2) is 0 Å². The molecule has 18 heavy (non-hydrogen) atoms. The van der Waals surface area contributed by atoms with E-state index in [2.05, 4.69) is 17.4 Å². The number of carbonyl (C=O) groups is 1. The molecule has 0 aromatic heterocycles. The zero-order valence-corrected chi connectivity index (χ0v) is 11.1. The van der Waals surface area contributed by atoms with Crippen molar-refractivity contribution < 1.29 is 9.53 Å². The van der Waals surface area contributed by atoms with Gasteiger partial charge in [0.05, 0.1) is 7.11 Å². The summed E-state index contributed by atoms with van der Waals surface area (Å²) in [5.74, 6) is 1.39. The van der Waals surface area contributed by atoms with Crippen molar-refractivity contribution >= 4 is 5.91 Å². The molecule has 1 saturated carbocycles. The molecule has 3 heteroatoms. The van der Waals surface area contributed by atoms with Crippen molar-refractivity contribution in [3.05, 3.63) is 29.8 Å². The van der Waals surface area contributed by atoms with Crippen LogP contribution >= 0.6 is 0 Å². The molecule has 1 N–H and O–H groups in total. The Morgan fingerprint density at radius 3 is 2.50 bits per heavy atom. The molecule has 2 atom stereocenters. The summed E-state index contributed by atoms with van der Waals surface area (Å²) in [5, 5.41) is 3.09. The monoisotopic (exact) mass is 247 g/mol. The molecule has 0 heterocycles. The molecule has 1 aromatic carbocycles. The van der Waals surface area contributed by atoms with Gasteiger partial charge in [-0.1, -0.05) is 25.0 Å². The molecule has 0 saturated heterocycles. The standard InChI is InChI=1S/C15H21NO2/c1-11(17)16-15-6-4-3-5-14(15)12-7-9-13(18-2)10-8-12/h7-10,14-15H,3-6H2,1-2H3,(H,16,17)/t14-,15-/m0/s1. The SMILES string of the molecule is COc1ccc([C@@H]2CCCC[C@@H]2NC(C)=O)cc1. The summed E-state index contributed by atoms with van der Waals surface area (Å²) >= 11 is 0. The van der Waals surface area contributed by atoms with Gasteiger partial charge in [-0.15, -0.1) is 0 Å². The van der Waals surface area contributed by atoms with E-state index >= 15 is 0 Å². The molecular weight excluding hydrogens is 226 g/mol. The molecule has 1 fully saturated rings. The minimum Gasteiger partial charge on any atom is -0.497 e. The first-order valence-corrected chi connectivity index (χ1v) is 6.62. The minimum absolute atomic E-state index is 0.0698. The molecule has 1 amide bonds. The Bertz CT molecular complexity index is 399. The van der Waals surface area contributed by atoms with Gasteiger partial charge in [0, 0.05) is 18.9 Å². The first-order chi connectivity index (χ1) is 8.70. The first kappa shape index (κ1) is 12.9. The van der Waals surface area contributed by atoms with E-state index in [0.717, 1.165) is 18.6 Å². The largest absolute Gasteiger partial charge is 0.497 e. The third kappa shape index (κ3) is 3.03. The van der Waals surface area contributed by atoms with Crippen molar-refractivity contribution in [3.63, 3.8) is 0 Å². The topological polar surface area (TPSA) is 38.3 Å². The number of benzene rings is 1. The van der Waals surface area contributed by atoms with Crippen LogP contribution in [0.2, 0.25) is 0 Å². The van der Waals surface area contributed by atoms with E-state index in [0.29, 0.717) is 5.92 Å². The molecule has 1 aliphatic carbocycles. The highest BCUT2D eigenvalue weighted by Gasteiger charge is 2.26. The lowest BCUT2D eigenvalue weighted by Gasteiger charge is -2.32. The van der Waals surface area contributed by atoms with Crippen LogP contribution < -0.4 is 10.1 Å². The highest BCUT2D eigenvalue weighted by Crippen LogP contribution is 2.33. The highest BCUT2D eigenvalue weighted by molar-refractivity contribution is 5.73. The Kier molecular flexibility index (Phi) is 4.24. The smallest absolute Gasteiger partial charge is 0.217 e. The van der Waals surface area contributed by atoms with Crippen molar-refractivity contribution in [2.75, 3.05) is 7.11 Å². The van der Waals surface area contributed by atoms with E-state index in [-0.39, 0.29) is 11.9 Å². The lowest BCUT2D eigenvalue weighted by atomic mass is 9.80. The van der Waals surface area contributed by atoms with Gasteiger partial charge in [0.15, 0.2) is 0 Å². The van der Waals surface area contributed by atoms with E-state index in [9.17, 15) is 4.79 Å². The highest BCUT2D eigenvalue weighted by atomic mass is 16.5. The Balaban J connectivity index is 2.13. The number of methoxy groups -OCH3 is 1. The summed E-state index contributed by atoms with van der Waals surface area (Å²) in [7, 11) is 1.68. The van der Waals surface area contributed by atoms with E-state index in [1.807, 2.05) is 12.1 Å². The summed E-state index contributed by atoms with van der Waals surface area (Å²) in [6.45, 7) is 1.60. The number of hydrogen-bond acceptors (Lipinski definition) is 2. The molecule has 0 spiro atoms. The second kappa shape index (κ2) is 5.89. The summed E-state index contributed by atoms with van der Waals surface area (Å²) < 4.78 is 5.18. The fraction of sp³-hybridized carbons (Fsp3) is 0.533. The molecule has 1 aliphatic rings. The Morgan fingerprint density at radius 1 is 1.22 bits per heavy atom. The lowest BCUT2D eigenvalue weighted by molar-refractivity contribution is -0.120. The van der Waals surface area contributed by atoms with Crippen LogP contribution in [0.1, 0.15) is 44.1 Å². The number of rotatable bonds is 3. The van der Waals surface area contributed by atoms with Crippen LogP contribution in [-0.2, 0) is 4.79 Å². The molecule has 0 radical (unpaired) electrons. The fourth-order valence-corrected chi connectivity index (χ4v) is 2.81. The van der Waals surface area contributed by atoms with Crippen molar-refractivity contribution in [1.82, 2.24) is 5.32 Å². The van der Waals surface area contributed by atoms with Crippen molar-refractivity contribution in [3.8, 4) is 5.75 Å². The maximum Gasteiger partial charge on any atom is 0.217 e. The third-order valence-electron chi connectivity index (χ3n) is 3.70. The van der Waals surface area contributed by atoms with Gasteiger partial charge in [-0.05, 0) is 30.5 Å². The van der Waals surface area contributed by atoms with Crippen molar-refractivity contribution in [1.29, 1.82) is 0 Å². The number of nitrogens with one attached hydrogen (secondary N) is 1. The predicted molar refractivity (Wildman–Crippen MR) is 71.8 cm³/mol. The third-order valence-corrected chi connectivity index (χ3v) is 3.70. The molecular formula is C15H21NO2. The van der Waals surface area contributed by atoms with Crippen LogP contribution in [0.25, 0.3) is 0 Å². The lowest BCUT2D eigenvalue weighted by Crippen LogP contribution is -2.39. The van der Waals surface area contributed by atoms with Crippen molar-refractivity contribution in [2.24, 2.45) is 0 Å². The summed E-state index contributed by atoms with van der Waals surface area (Å²) in [6.07, 6.45) is 4.68. The average molecular weight is 247 g/mol. The fourth-order valence-electron chi connectivity index (χ4n) is 2.81. The van der Waals surface area contributed by atoms with Gasteiger partial charge < -0.3 is 10.1 Å². The van der Waals surface area contributed by atoms with Crippen LogP contribution in [0.3, 0.4) is 0 Å². The zero-order chi connectivity index (χ0) is 13.0.